The molecule has 0 fully saturated rings. The molecule has 0 saturated heterocycles. The lowest BCUT2D eigenvalue weighted by atomic mass is 10.1. The molecule has 1 aliphatic heterocycles. The van der Waals surface area contributed by atoms with Gasteiger partial charge >= 0.3 is 0 Å². The Morgan fingerprint density at radius 1 is 1.30 bits per heavy atom. The molecule has 0 saturated carbocycles. The zero-order valence-corrected chi connectivity index (χ0v) is 13.0. The van der Waals surface area contributed by atoms with Crippen LogP contribution in [0.1, 0.15) is 23.3 Å². The third-order valence-electron chi connectivity index (χ3n) is 3.15. The Labute approximate surface area is 137 Å². The van der Waals surface area contributed by atoms with Crippen LogP contribution in [0.25, 0.3) is 0 Å². The van der Waals surface area contributed by atoms with Crippen molar-refractivity contribution in [1.82, 2.24) is 15.5 Å². The summed E-state index contributed by atoms with van der Waals surface area (Å²) in [5, 5.41) is 7.29. The first kappa shape index (κ1) is 15.4. The van der Waals surface area contributed by atoms with E-state index in [1.807, 2.05) is 0 Å². The lowest BCUT2D eigenvalue weighted by molar-refractivity contribution is -0.122. The Morgan fingerprint density at radius 3 is 2.70 bits per heavy atom. The summed E-state index contributed by atoms with van der Waals surface area (Å²) in [7, 11) is 0. The number of carbonyl (C=O) groups excluding carboxylic acids is 1. The molecule has 0 spiro atoms. The second kappa shape index (κ2) is 6.70. The summed E-state index contributed by atoms with van der Waals surface area (Å²) in [5.41, 5.74) is 0.765. The van der Waals surface area contributed by atoms with Gasteiger partial charge in [-0.25, -0.2) is 0 Å². The van der Waals surface area contributed by atoms with E-state index in [-0.39, 0.29) is 5.76 Å². The monoisotopic (exact) mass is 335 g/mol. The van der Waals surface area contributed by atoms with E-state index >= 15 is 0 Å². The number of benzene rings is 1. The second-order valence-electron chi connectivity index (χ2n) is 4.83. The second-order valence-corrected chi connectivity index (χ2v) is 5.27. The van der Waals surface area contributed by atoms with Crippen molar-refractivity contribution in [2.24, 2.45) is 0 Å². The molecule has 2 heterocycles. The van der Waals surface area contributed by atoms with Crippen molar-refractivity contribution < 1.29 is 18.8 Å². The van der Waals surface area contributed by atoms with Crippen LogP contribution < -0.4 is 5.32 Å². The van der Waals surface area contributed by atoms with E-state index in [2.05, 4.69) is 15.5 Å². The van der Waals surface area contributed by atoms with Crippen molar-refractivity contribution in [2.45, 2.75) is 13.0 Å². The molecule has 1 aromatic heterocycles. The molecule has 0 unspecified atom stereocenters. The van der Waals surface area contributed by atoms with Gasteiger partial charge in [0, 0.05) is 11.9 Å². The van der Waals surface area contributed by atoms with Gasteiger partial charge in [-0.2, -0.15) is 4.98 Å². The standard InChI is InChI=1S/C15H14ClN3O4/c1-9-17-14(19-23-9)13(10-2-4-11(16)5-3-10)18-15(20)12-8-21-6-7-22-12/h2-5,8,13H,6-7H2,1H3,(H,18,20)/t13-/m0/s1. The normalized spacial score (nSPS) is 15.1. The highest BCUT2D eigenvalue weighted by molar-refractivity contribution is 6.30. The zero-order chi connectivity index (χ0) is 16.2. The molecule has 2 aromatic rings. The molecular formula is C15H14ClN3O4. The van der Waals surface area contributed by atoms with Crippen molar-refractivity contribution >= 4 is 17.5 Å². The van der Waals surface area contributed by atoms with Crippen LogP contribution in [0.5, 0.6) is 0 Å². The Bertz CT molecular complexity index is 727. The molecule has 1 aromatic carbocycles. The van der Waals surface area contributed by atoms with E-state index in [1.165, 1.54) is 6.26 Å². The van der Waals surface area contributed by atoms with Crippen LogP contribution in [0.4, 0.5) is 0 Å². The number of amides is 1. The van der Waals surface area contributed by atoms with Crippen LogP contribution in [0.15, 0.2) is 40.8 Å². The van der Waals surface area contributed by atoms with Crippen molar-refractivity contribution in [3.8, 4) is 0 Å². The molecule has 23 heavy (non-hydrogen) atoms. The Balaban J connectivity index is 1.87. The van der Waals surface area contributed by atoms with E-state index in [0.717, 1.165) is 5.56 Å². The predicted molar refractivity (Wildman–Crippen MR) is 80.5 cm³/mol. The fourth-order valence-corrected chi connectivity index (χ4v) is 2.20. The highest BCUT2D eigenvalue weighted by Crippen LogP contribution is 2.22. The van der Waals surface area contributed by atoms with Gasteiger partial charge in [0.25, 0.3) is 5.91 Å². The Hall–Kier alpha value is -2.54. The summed E-state index contributed by atoms with van der Waals surface area (Å²) < 4.78 is 15.4. The number of carbonyl (C=O) groups is 1. The summed E-state index contributed by atoms with van der Waals surface area (Å²) in [6.45, 7) is 2.42. The maximum absolute atomic E-state index is 12.3. The lowest BCUT2D eigenvalue weighted by Gasteiger charge is -2.19. The molecule has 120 valence electrons. The summed E-state index contributed by atoms with van der Waals surface area (Å²) in [6.07, 6.45) is 1.29. The fourth-order valence-electron chi connectivity index (χ4n) is 2.07. The minimum Gasteiger partial charge on any atom is -0.494 e. The maximum Gasteiger partial charge on any atom is 0.290 e. The molecule has 8 heteroatoms. The molecule has 0 aliphatic carbocycles. The Morgan fingerprint density at radius 2 is 2.09 bits per heavy atom. The minimum absolute atomic E-state index is 0.107. The van der Waals surface area contributed by atoms with Crippen LogP contribution in [-0.2, 0) is 14.3 Å². The number of ether oxygens (including phenoxy) is 2. The first-order chi connectivity index (χ1) is 11.1. The van der Waals surface area contributed by atoms with Gasteiger partial charge in [0.05, 0.1) is 0 Å². The van der Waals surface area contributed by atoms with Crippen LogP contribution >= 0.6 is 11.6 Å². The molecule has 1 atom stereocenters. The first-order valence-corrected chi connectivity index (χ1v) is 7.32. The quantitative estimate of drug-likeness (QED) is 0.921. The van der Waals surface area contributed by atoms with Gasteiger partial charge in [-0.15, -0.1) is 0 Å². The summed E-state index contributed by atoms with van der Waals surface area (Å²) in [4.78, 5) is 16.5. The van der Waals surface area contributed by atoms with Gasteiger partial charge < -0.3 is 19.3 Å². The number of nitrogens with one attached hydrogen (secondary N) is 1. The van der Waals surface area contributed by atoms with Crippen molar-refractivity contribution in [3.63, 3.8) is 0 Å². The first-order valence-electron chi connectivity index (χ1n) is 6.94. The third kappa shape index (κ3) is 3.62. The molecule has 7 nitrogen and oxygen atoms in total. The van der Waals surface area contributed by atoms with E-state index in [0.29, 0.717) is 30.0 Å². The van der Waals surface area contributed by atoms with E-state index in [4.69, 9.17) is 25.6 Å². The fraction of sp³-hybridized carbons (Fsp3) is 0.267. The molecule has 0 bridgehead atoms. The predicted octanol–water partition coefficient (Wildman–Crippen LogP) is 2.13. The van der Waals surface area contributed by atoms with Crippen molar-refractivity contribution in [1.29, 1.82) is 0 Å². The van der Waals surface area contributed by atoms with E-state index < -0.39 is 11.9 Å². The molecule has 1 aliphatic rings. The smallest absolute Gasteiger partial charge is 0.290 e. The third-order valence-corrected chi connectivity index (χ3v) is 3.41. The van der Waals surface area contributed by atoms with Gasteiger partial charge in [0.1, 0.15) is 25.5 Å². The van der Waals surface area contributed by atoms with Crippen LogP contribution in [-0.4, -0.2) is 29.3 Å². The van der Waals surface area contributed by atoms with Crippen LogP contribution in [0.3, 0.4) is 0 Å². The SMILES string of the molecule is Cc1nc([C@@H](NC(=O)C2=COCCO2)c2ccc(Cl)cc2)no1. The van der Waals surface area contributed by atoms with Gasteiger partial charge in [-0.3, -0.25) is 4.79 Å². The number of aromatic nitrogens is 2. The largest absolute Gasteiger partial charge is 0.494 e. The highest BCUT2D eigenvalue weighted by atomic mass is 35.5. The minimum atomic E-state index is -0.594. The molecule has 1 N–H and O–H groups in total. The molecule has 1 amide bonds. The molecule has 0 radical (unpaired) electrons. The molecule has 3 rings (SSSR count). The van der Waals surface area contributed by atoms with E-state index in [1.54, 1.807) is 31.2 Å². The lowest BCUT2D eigenvalue weighted by Crippen LogP contribution is -2.33. The molecular weight excluding hydrogens is 322 g/mol. The van der Waals surface area contributed by atoms with E-state index in [9.17, 15) is 4.79 Å². The number of rotatable bonds is 4. The average molecular weight is 336 g/mol. The van der Waals surface area contributed by atoms with Crippen molar-refractivity contribution in [2.75, 3.05) is 13.2 Å². The van der Waals surface area contributed by atoms with Gasteiger partial charge in [-0.1, -0.05) is 28.9 Å². The average Bonchev–Trinajstić information content (AvgIpc) is 3.00. The number of hydrogen-bond acceptors (Lipinski definition) is 6. The maximum atomic E-state index is 12.3. The summed E-state index contributed by atoms with van der Waals surface area (Å²) >= 11 is 5.91. The van der Waals surface area contributed by atoms with Gasteiger partial charge in [-0.05, 0) is 17.7 Å². The van der Waals surface area contributed by atoms with Crippen LogP contribution in [0, 0.1) is 6.92 Å². The summed E-state index contributed by atoms with van der Waals surface area (Å²) in [6, 6.07) is 6.42. The van der Waals surface area contributed by atoms with Crippen molar-refractivity contribution in [3.05, 3.63) is 58.6 Å². The Kier molecular flexibility index (Phi) is 4.47. The summed E-state index contributed by atoms with van der Waals surface area (Å²) in [5.74, 6) is 0.433. The number of aryl methyl sites for hydroxylation is 1. The topological polar surface area (TPSA) is 86.5 Å². The van der Waals surface area contributed by atoms with Gasteiger partial charge in [0.2, 0.25) is 11.6 Å². The number of hydrogen-bond donors (Lipinski definition) is 1. The number of nitrogens with zero attached hydrogens (tertiary/aromatic N) is 2. The van der Waals surface area contributed by atoms with Gasteiger partial charge in [0.15, 0.2) is 5.82 Å². The number of halogens is 1. The highest BCUT2D eigenvalue weighted by Gasteiger charge is 2.25. The zero-order valence-electron chi connectivity index (χ0n) is 12.3. The van der Waals surface area contributed by atoms with Crippen LogP contribution in [0.2, 0.25) is 5.02 Å².